The van der Waals surface area contributed by atoms with Gasteiger partial charge in [0, 0.05) is 16.6 Å². The minimum atomic E-state index is -1.08. The Hall–Kier alpha value is -2.90. The van der Waals surface area contributed by atoms with Crippen LogP contribution in [0.4, 0.5) is 9.18 Å². The van der Waals surface area contributed by atoms with Gasteiger partial charge in [0.15, 0.2) is 0 Å². The van der Waals surface area contributed by atoms with Crippen LogP contribution in [0.3, 0.4) is 0 Å². The van der Waals surface area contributed by atoms with Crippen LogP contribution in [0.25, 0.3) is 10.9 Å². The van der Waals surface area contributed by atoms with Gasteiger partial charge in [0.2, 0.25) is 0 Å². The molecule has 1 aromatic heterocycles. The quantitative estimate of drug-likeness (QED) is 0.680. The highest BCUT2D eigenvalue weighted by Gasteiger charge is 2.32. The van der Waals surface area contributed by atoms with Crippen molar-refractivity contribution >= 4 is 28.6 Å². The predicted octanol–water partition coefficient (Wildman–Crippen LogP) is 1.25. The molecular weight excluding hydrogens is 279 g/mol. The van der Waals surface area contributed by atoms with Crippen LogP contribution in [0, 0.1) is 5.82 Å². The van der Waals surface area contributed by atoms with Gasteiger partial charge in [-0.15, -0.1) is 0 Å². The molecule has 3 N–H and O–H groups in total. The fourth-order valence-corrected chi connectivity index (χ4v) is 2.88. The smallest absolute Gasteiger partial charge is 0.408 e. The van der Waals surface area contributed by atoms with Crippen molar-refractivity contribution in [2.75, 3.05) is 6.54 Å². The van der Waals surface area contributed by atoms with Gasteiger partial charge in [-0.2, -0.15) is 5.10 Å². The Kier molecular flexibility index (Phi) is 2.16. The third kappa shape index (κ3) is 1.55. The van der Waals surface area contributed by atoms with Crippen molar-refractivity contribution in [2.24, 2.45) is 5.10 Å². The van der Waals surface area contributed by atoms with E-state index in [2.05, 4.69) is 15.5 Å². The fourth-order valence-electron chi connectivity index (χ4n) is 2.88. The molecule has 0 saturated heterocycles. The molecule has 0 fully saturated rings. The number of hydrogen-bond donors (Lipinski definition) is 3. The van der Waals surface area contributed by atoms with E-state index in [9.17, 15) is 14.0 Å². The summed E-state index contributed by atoms with van der Waals surface area (Å²) in [6.07, 6.45) is -1.08. The number of H-pyrrole nitrogens is 1. The number of hydrogen-bond acceptors (Lipinski definition) is 3. The summed E-state index contributed by atoms with van der Waals surface area (Å²) in [5, 5.41) is 13.7. The zero-order chi connectivity index (χ0) is 14.7. The molecule has 0 spiro atoms. The van der Waals surface area contributed by atoms with Crippen LogP contribution in [0.2, 0.25) is 0 Å². The van der Waals surface area contributed by atoms with Gasteiger partial charge < -0.3 is 10.1 Å². The highest BCUT2D eigenvalue weighted by atomic mass is 19.1. The van der Waals surface area contributed by atoms with Crippen LogP contribution < -0.4 is 5.43 Å². The second kappa shape index (κ2) is 3.81. The lowest BCUT2D eigenvalue weighted by molar-refractivity contribution is 0.0956. The largest absolute Gasteiger partial charge is 0.465 e. The first kappa shape index (κ1) is 11.9. The van der Waals surface area contributed by atoms with E-state index in [1.807, 2.05) is 0 Å². The first-order valence-electron chi connectivity index (χ1n) is 6.24. The molecule has 2 aromatic rings. The minimum Gasteiger partial charge on any atom is -0.465 e. The van der Waals surface area contributed by atoms with Gasteiger partial charge in [-0.1, -0.05) is 0 Å². The number of carbonyl (C=O) groups is 2. The Labute approximate surface area is 117 Å². The minimum absolute atomic E-state index is 0.0758. The molecule has 106 valence electrons. The van der Waals surface area contributed by atoms with Crippen LogP contribution in [0.15, 0.2) is 17.2 Å². The number of hydrazone groups is 1. The Morgan fingerprint density at radius 2 is 2.19 bits per heavy atom. The second-order valence-electron chi connectivity index (χ2n) is 4.99. The highest BCUT2D eigenvalue weighted by Crippen LogP contribution is 2.32. The van der Waals surface area contributed by atoms with Crippen LogP contribution in [-0.4, -0.2) is 39.2 Å². The van der Waals surface area contributed by atoms with E-state index in [1.165, 1.54) is 11.0 Å². The van der Waals surface area contributed by atoms with Gasteiger partial charge in [0.25, 0.3) is 5.91 Å². The molecule has 0 atom stereocenters. The number of carbonyl (C=O) groups excluding carboxylic acids is 1. The molecule has 0 bridgehead atoms. The summed E-state index contributed by atoms with van der Waals surface area (Å²) in [6.45, 7) is 0.222. The average Bonchev–Trinajstić information content (AvgIpc) is 2.73. The highest BCUT2D eigenvalue weighted by molar-refractivity contribution is 6.21. The van der Waals surface area contributed by atoms with Crippen molar-refractivity contribution < 1.29 is 19.1 Å². The molecule has 2 aliphatic rings. The van der Waals surface area contributed by atoms with Crippen LogP contribution >= 0.6 is 0 Å². The molecule has 21 heavy (non-hydrogen) atoms. The lowest BCUT2D eigenvalue weighted by Crippen LogP contribution is -2.39. The SMILES string of the molecule is O=C1NN=C2CN(C(=O)O)Cc3[nH]c4cc(F)cc1c4c32. The maximum absolute atomic E-state index is 13.6. The van der Waals surface area contributed by atoms with Crippen molar-refractivity contribution in [3.63, 3.8) is 0 Å². The zero-order valence-corrected chi connectivity index (χ0v) is 10.6. The van der Waals surface area contributed by atoms with Gasteiger partial charge in [-0.3, -0.25) is 9.69 Å². The number of aromatic nitrogens is 1. The normalized spacial score (nSPS) is 16.5. The summed E-state index contributed by atoms with van der Waals surface area (Å²) < 4.78 is 13.6. The van der Waals surface area contributed by atoms with Gasteiger partial charge >= 0.3 is 6.09 Å². The molecule has 0 aliphatic carbocycles. The number of halogens is 1. The molecule has 0 saturated carbocycles. The number of aromatic amines is 1. The molecule has 3 heterocycles. The van der Waals surface area contributed by atoms with Crippen molar-refractivity contribution in [3.8, 4) is 0 Å². The Morgan fingerprint density at radius 3 is 2.95 bits per heavy atom. The second-order valence-corrected chi connectivity index (χ2v) is 4.99. The molecule has 2 aliphatic heterocycles. The molecule has 2 amide bonds. The first-order valence-corrected chi connectivity index (χ1v) is 6.24. The summed E-state index contributed by atoms with van der Waals surface area (Å²) in [4.78, 5) is 27.4. The maximum Gasteiger partial charge on any atom is 0.408 e. The van der Waals surface area contributed by atoms with Crippen molar-refractivity contribution in [1.29, 1.82) is 0 Å². The number of rotatable bonds is 0. The Bertz CT molecular complexity index is 855. The predicted molar refractivity (Wildman–Crippen MR) is 70.7 cm³/mol. The summed E-state index contributed by atoms with van der Waals surface area (Å²) in [6, 6.07) is 2.45. The van der Waals surface area contributed by atoms with E-state index < -0.39 is 17.8 Å². The number of benzene rings is 1. The van der Waals surface area contributed by atoms with E-state index in [0.29, 0.717) is 27.9 Å². The molecule has 7 nitrogen and oxygen atoms in total. The molecule has 8 heteroatoms. The van der Waals surface area contributed by atoms with Gasteiger partial charge in [0.1, 0.15) is 5.82 Å². The third-order valence-electron chi connectivity index (χ3n) is 3.73. The van der Waals surface area contributed by atoms with Crippen LogP contribution in [0.5, 0.6) is 0 Å². The fraction of sp³-hybridized carbons (Fsp3) is 0.154. The Morgan fingerprint density at radius 1 is 1.38 bits per heavy atom. The van der Waals surface area contributed by atoms with Crippen molar-refractivity contribution in [1.82, 2.24) is 15.3 Å². The topological polar surface area (TPSA) is 97.8 Å². The van der Waals surface area contributed by atoms with Crippen molar-refractivity contribution in [3.05, 3.63) is 34.8 Å². The average molecular weight is 288 g/mol. The van der Waals surface area contributed by atoms with E-state index in [-0.39, 0.29) is 18.7 Å². The molecule has 4 rings (SSSR count). The van der Waals surface area contributed by atoms with Gasteiger partial charge in [-0.05, 0) is 12.1 Å². The standard InChI is InChI=1S/C13H9FN4O3/c14-5-1-6-10-7(2-5)15-8-3-18(13(20)21)4-9(11(8)10)16-17-12(6)19/h1-2,15H,3-4H2,(H,17,19)(H,20,21). The van der Waals surface area contributed by atoms with Crippen molar-refractivity contribution in [2.45, 2.75) is 6.54 Å². The summed E-state index contributed by atoms with van der Waals surface area (Å²) in [7, 11) is 0. The molecular formula is C13H9FN4O3. The number of nitrogens with one attached hydrogen (secondary N) is 2. The number of carboxylic acid groups (broad SMARTS) is 1. The van der Waals surface area contributed by atoms with Crippen LogP contribution in [0.1, 0.15) is 21.6 Å². The number of amides is 2. The molecule has 0 unspecified atom stereocenters. The number of nitrogens with zero attached hydrogens (tertiary/aromatic N) is 2. The molecule has 1 aromatic carbocycles. The zero-order valence-electron chi connectivity index (χ0n) is 10.6. The van der Waals surface area contributed by atoms with E-state index in [0.717, 1.165) is 6.07 Å². The Balaban J connectivity index is 2.06. The molecule has 0 radical (unpaired) electrons. The third-order valence-corrected chi connectivity index (χ3v) is 3.73. The van der Waals surface area contributed by atoms with E-state index >= 15 is 0 Å². The maximum atomic E-state index is 13.6. The van der Waals surface area contributed by atoms with E-state index in [1.54, 1.807) is 0 Å². The summed E-state index contributed by atoms with van der Waals surface area (Å²) >= 11 is 0. The van der Waals surface area contributed by atoms with Crippen LogP contribution in [-0.2, 0) is 6.54 Å². The lowest BCUT2D eigenvalue weighted by atomic mass is 9.98. The van der Waals surface area contributed by atoms with E-state index in [4.69, 9.17) is 5.11 Å². The van der Waals surface area contributed by atoms with Gasteiger partial charge in [0.05, 0.1) is 29.9 Å². The van der Waals surface area contributed by atoms with Gasteiger partial charge in [-0.25, -0.2) is 14.6 Å². The first-order chi connectivity index (χ1) is 10.0. The summed E-state index contributed by atoms with van der Waals surface area (Å²) in [5.41, 5.74) is 4.75. The summed E-state index contributed by atoms with van der Waals surface area (Å²) in [5.74, 6) is -1.05. The monoisotopic (exact) mass is 288 g/mol. The lowest BCUT2D eigenvalue weighted by Gasteiger charge is -2.24.